The first-order chi connectivity index (χ1) is 9.67. The van der Waals surface area contributed by atoms with Crippen LogP contribution in [0.3, 0.4) is 0 Å². The summed E-state index contributed by atoms with van der Waals surface area (Å²) in [4.78, 5) is 4.61. The summed E-state index contributed by atoms with van der Waals surface area (Å²) in [6.45, 7) is 8.48. The van der Waals surface area contributed by atoms with Crippen LogP contribution in [0.4, 0.5) is 0 Å². The summed E-state index contributed by atoms with van der Waals surface area (Å²) in [5.41, 5.74) is 3.92. The summed E-state index contributed by atoms with van der Waals surface area (Å²) < 4.78 is 0. The minimum atomic E-state index is 0.613. The molecule has 20 heavy (non-hydrogen) atoms. The third-order valence-electron chi connectivity index (χ3n) is 3.42. The number of aromatic nitrogens is 1. The van der Waals surface area contributed by atoms with Crippen molar-refractivity contribution in [3.05, 3.63) is 51.5 Å². The van der Waals surface area contributed by atoms with Crippen LogP contribution in [0.1, 0.15) is 28.8 Å². The van der Waals surface area contributed by atoms with E-state index in [1.807, 2.05) is 0 Å². The first kappa shape index (κ1) is 15.2. The number of thiazole rings is 1. The van der Waals surface area contributed by atoms with Crippen molar-refractivity contribution in [2.45, 2.75) is 33.6 Å². The van der Waals surface area contributed by atoms with Gasteiger partial charge in [-0.3, -0.25) is 0 Å². The maximum absolute atomic E-state index is 4.61. The predicted octanol–water partition coefficient (Wildman–Crippen LogP) is 3.77. The molecule has 0 amide bonds. The molecule has 2 aromatic rings. The number of nitrogens with zero attached hydrogens (tertiary/aromatic N) is 1. The Hall–Kier alpha value is -1.19. The van der Waals surface area contributed by atoms with E-state index in [4.69, 9.17) is 0 Å². The topological polar surface area (TPSA) is 24.9 Å². The van der Waals surface area contributed by atoms with Crippen molar-refractivity contribution in [1.82, 2.24) is 10.3 Å². The highest BCUT2D eigenvalue weighted by molar-refractivity contribution is 7.09. The van der Waals surface area contributed by atoms with E-state index in [0.29, 0.717) is 5.92 Å². The van der Waals surface area contributed by atoms with Crippen LogP contribution in [-0.2, 0) is 12.8 Å². The molecule has 0 spiro atoms. The van der Waals surface area contributed by atoms with Gasteiger partial charge in [0.25, 0.3) is 0 Å². The quantitative estimate of drug-likeness (QED) is 0.839. The van der Waals surface area contributed by atoms with E-state index >= 15 is 0 Å². The van der Waals surface area contributed by atoms with Crippen LogP contribution in [0.2, 0.25) is 0 Å². The minimum Gasteiger partial charge on any atom is -0.317 e. The fourth-order valence-electron chi connectivity index (χ4n) is 2.48. The normalized spacial score (nSPS) is 12.6. The summed E-state index contributed by atoms with van der Waals surface area (Å²) in [6, 6.07) is 8.85. The summed E-state index contributed by atoms with van der Waals surface area (Å²) in [7, 11) is 0. The molecule has 1 aromatic carbocycles. The first-order valence-electron chi connectivity index (χ1n) is 7.34. The van der Waals surface area contributed by atoms with E-state index in [1.165, 1.54) is 16.1 Å². The van der Waals surface area contributed by atoms with Gasteiger partial charge in [-0.05, 0) is 44.8 Å². The van der Waals surface area contributed by atoms with Crippen molar-refractivity contribution in [2.24, 2.45) is 5.92 Å². The molecule has 0 bridgehead atoms. The van der Waals surface area contributed by atoms with Crippen LogP contribution < -0.4 is 5.32 Å². The van der Waals surface area contributed by atoms with Crippen LogP contribution in [-0.4, -0.2) is 18.1 Å². The van der Waals surface area contributed by atoms with E-state index in [2.05, 4.69) is 60.7 Å². The molecule has 0 aliphatic carbocycles. The highest BCUT2D eigenvalue weighted by Gasteiger charge is 2.12. The monoisotopic (exact) mass is 288 g/mol. The Morgan fingerprint density at radius 3 is 2.75 bits per heavy atom. The predicted molar refractivity (Wildman–Crippen MR) is 87.5 cm³/mol. The maximum atomic E-state index is 4.61. The number of hydrogen-bond acceptors (Lipinski definition) is 3. The van der Waals surface area contributed by atoms with Crippen molar-refractivity contribution in [1.29, 1.82) is 0 Å². The molecule has 1 N–H and O–H groups in total. The second kappa shape index (κ2) is 7.55. The lowest BCUT2D eigenvalue weighted by atomic mass is 9.95. The highest BCUT2D eigenvalue weighted by atomic mass is 32.1. The molecule has 2 rings (SSSR count). The van der Waals surface area contributed by atoms with E-state index in [9.17, 15) is 0 Å². The molecule has 0 fully saturated rings. The average Bonchev–Trinajstić information content (AvgIpc) is 2.81. The summed E-state index contributed by atoms with van der Waals surface area (Å²) >= 11 is 1.79. The van der Waals surface area contributed by atoms with Crippen LogP contribution in [0.5, 0.6) is 0 Å². The van der Waals surface area contributed by atoms with E-state index < -0.39 is 0 Å². The Morgan fingerprint density at radius 1 is 1.25 bits per heavy atom. The maximum Gasteiger partial charge on any atom is 0.0931 e. The third kappa shape index (κ3) is 4.73. The summed E-state index contributed by atoms with van der Waals surface area (Å²) in [6.07, 6.45) is 2.19. The van der Waals surface area contributed by atoms with Crippen molar-refractivity contribution in [3.8, 4) is 0 Å². The molecule has 2 nitrogen and oxygen atoms in total. The molecule has 1 heterocycles. The average molecular weight is 288 g/mol. The largest absolute Gasteiger partial charge is 0.317 e. The fraction of sp³-hybridized carbons (Fsp3) is 0.471. The van der Waals surface area contributed by atoms with Gasteiger partial charge in [0.1, 0.15) is 0 Å². The Morgan fingerprint density at radius 2 is 2.10 bits per heavy atom. The molecule has 1 atom stereocenters. The highest BCUT2D eigenvalue weighted by Crippen LogP contribution is 2.18. The lowest BCUT2D eigenvalue weighted by Crippen LogP contribution is -2.25. The lowest BCUT2D eigenvalue weighted by Gasteiger charge is -2.16. The number of hydrogen-bond donors (Lipinski definition) is 1. The molecule has 0 aliphatic rings. The fourth-order valence-corrected chi connectivity index (χ4v) is 3.37. The van der Waals surface area contributed by atoms with Crippen LogP contribution in [0, 0.1) is 19.8 Å². The number of rotatable bonds is 7. The minimum absolute atomic E-state index is 0.613. The van der Waals surface area contributed by atoms with Gasteiger partial charge in [-0.2, -0.15) is 0 Å². The van der Waals surface area contributed by atoms with Gasteiger partial charge in [0, 0.05) is 17.5 Å². The molecule has 0 saturated heterocycles. The zero-order chi connectivity index (χ0) is 14.4. The molecular weight excluding hydrogens is 264 g/mol. The molecule has 3 heteroatoms. The van der Waals surface area contributed by atoms with Gasteiger partial charge >= 0.3 is 0 Å². The Bertz CT molecular complexity index is 533. The van der Waals surface area contributed by atoms with E-state index in [-0.39, 0.29) is 0 Å². The number of benzene rings is 1. The molecule has 0 radical (unpaired) electrons. The van der Waals surface area contributed by atoms with Crippen molar-refractivity contribution in [2.75, 3.05) is 13.1 Å². The number of nitrogens with one attached hydrogen (secondary N) is 1. The van der Waals surface area contributed by atoms with Gasteiger partial charge in [0.15, 0.2) is 0 Å². The molecule has 1 aromatic heterocycles. The second-order valence-electron chi connectivity index (χ2n) is 5.45. The summed E-state index contributed by atoms with van der Waals surface area (Å²) in [5, 5.41) is 6.89. The van der Waals surface area contributed by atoms with Crippen molar-refractivity contribution < 1.29 is 0 Å². The van der Waals surface area contributed by atoms with Gasteiger partial charge in [-0.25, -0.2) is 4.98 Å². The second-order valence-corrected chi connectivity index (χ2v) is 6.40. The molecule has 0 aliphatic heterocycles. The molecular formula is C17H24N2S. The van der Waals surface area contributed by atoms with Gasteiger partial charge in [-0.1, -0.05) is 36.8 Å². The zero-order valence-electron chi connectivity index (χ0n) is 12.6. The van der Waals surface area contributed by atoms with Crippen LogP contribution >= 0.6 is 11.3 Å². The van der Waals surface area contributed by atoms with Crippen LogP contribution in [0.15, 0.2) is 29.6 Å². The standard InChI is InChI=1S/C17H24N2S/c1-4-18-11-16(10-17-19-14(3)12-20-17)9-15-7-5-6-13(2)8-15/h5-8,12,16,18H,4,9-11H2,1-3H3. The Labute approximate surface area is 126 Å². The smallest absolute Gasteiger partial charge is 0.0931 e. The van der Waals surface area contributed by atoms with Gasteiger partial charge in [0.05, 0.1) is 5.01 Å². The van der Waals surface area contributed by atoms with Gasteiger partial charge < -0.3 is 5.32 Å². The van der Waals surface area contributed by atoms with Gasteiger partial charge in [0.2, 0.25) is 0 Å². The molecule has 1 unspecified atom stereocenters. The summed E-state index contributed by atoms with van der Waals surface area (Å²) in [5.74, 6) is 0.613. The third-order valence-corrected chi connectivity index (χ3v) is 4.41. The zero-order valence-corrected chi connectivity index (χ0v) is 13.5. The molecule has 108 valence electrons. The van der Waals surface area contributed by atoms with Gasteiger partial charge in [-0.15, -0.1) is 11.3 Å². The van der Waals surface area contributed by atoms with Crippen molar-refractivity contribution >= 4 is 11.3 Å². The van der Waals surface area contributed by atoms with Crippen molar-refractivity contribution in [3.63, 3.8) is 0 Å². The first-order valence-corrected chi connectivity index (χ1v) is 8.22. The van der Waals surface area contributed by atoms with E-state index in [0.717, 1.165) is 31.6 Å². The lowest BCUT2D eigenvalue weighted by molar-refractivity contribution is 0.477. The van der Waals surface area contributed by atoms with Crippen LogP contribution in [0.25, 0.3) is 0 Å². The number of aryl methyl sites for hydroxylation is 2. The SMILES string of the molecule is CCNCC(Cc1cccc(C)c1)Cc1nc(C)cs1. The Kier molecular flexibility index (Phi) is 5.74. The Balaban J connectivity index is 2.02. The molecule has 0 saturated carbocycles. The van der Waals surface area contributed by atoms with E-state index in [1.54, 1.807) is 11.3 Å².